The van der Waals surface area contributed by atoms with E-state index in [1.165, 1.54) is 0 Å². The molecule has 0 aliphatic heterocycles. The van der Waals surface area contributed by atoms with Gasteiger partial charge in [0.1, 0.15) is 10.1 Å². The highest BCUT2D eigenvalue weighted by atomic mass is 33.1. The normalized spacial score (nSPS) is 8.89. The lowest BCUT2D eigenvalue weighted by molar-refractivity contribution is -0.280. The number of aliphatic carboxylic acids is 1. The van der Waals surface area contributed by atoms with Crippen molar-refractivity contribution in [2.24, 2.45) is 0 Å². The maximum absolute atomic E-state index is 9.72. The molecule has 0 bridgehead atoms. The maximum atomic E-state index is 9.72. The molecule has 0 amide bonds. The molecular weight excluding hydrogens is 166 g/mol. The summed E-state index contributed by atoms with van der Waals surface area (Å²) in [6.07, 6.45) is 0. The summed E-state index contributed by atoms with van der Waals surface area (Å²) in [5.74, 6) is -1.29. The molecule has 0 aromatic heterocycles. The van der Waals surface area contributed by atoms with Gasteiger partial charge in [-0.25, -0.2) is 10.1 Å². The lowest BCUT2D eigenvalue weighted by Crippen LogP contribution is -1.96. The Balaban J connectivity index is 3.10. The van der Waals surface area contributed by atoms with E-state index in [1.807, 2.05) is 0 Å². The summed E-state index contributed by atoms with van der Waals surface area (Å²) in [7, 11) is 1.01. The Labute approximate surface area is 58.5 Å². The van der Waals surface area contributed by atoms with Gasteiger partial charge >= 0.3 is 16.9 Å². The Morgan fingerprint density at radius 2 is 2.33 bits per heavy atom. The third-order valence-electron chi connectivity index (χ3n) is 0.296. The fourth-order valence-corrected chi connectivity index (χ4v) is 1.08. The van der Waals surface area contributed by atoms with Crippen LogP contribution in [0.25, 0.3) is 0 Å². The first kappa shape index (κ1) is 8.57. The predicted molar refractivity (Wildman–Crippen MR) is 34.7 cm³/mol. The van der Waals surface area contributed by atoms with Gasteiger partial charge in [-0.05, 0) is 10.8 Å². The molecule has 7 heteroatoms. The molecule has 0 saturated carbocycles. The van der Waals surface area contributed by atoms with Crippen LogP contribution in [0.5, 0.6) is 0 Å². The number of hydrogen-bond donors (Lipinski definition) is 1. The van der Waals surface area contributed by atoms with Gasteiger partial charge in [-0.15, -0.1) is 0 Å². The van der Waals surface area contributed by atoms with E-state index in [2.05, 4.69) is 0 Å². The molecule has 0 saturated heterocycles. The van der Waals surface area contributed by atoms with Gasteiger partial charge in [-0.3, -0.25) is 4.79 Å². The van der Waals surface area contributed by atoms with Crippen molar-refractivity contribution in [2.45, 2.75) is 0 Å². The minimum Gasteiger partial charge on any atom is -0.481 e. The van der Waals surface area contributed by atoms with E-state index in [-0.39, 0.29) is 5.75 Å². The Bertz CT molecular complexity index is 112. The summed E-state index contributed by atoms with van der Waals surface area (Å²) in [6, 6.07) is 0. The maximum Gasteiger partial charge on any atom is 0.314 e. The van der Waals surface area contributed by atoms with Crippen molar-refractivity contribution in [1.82, 2.24) is 0 Å². The molecule has 0 fully saturated rings. The quantitative estimate of drug-likeness (QED) is 0.288. The topological polar surface area (TPSA) is 80.4 Å². The fraction of sp³-hybridized carbons (Fsp3) is 0.500. The van der Waals surface area contributed by atoms with Gasteiger partial charge in [0.25, 0.3) is 0 Å². The summed E-state index contributed by atoms with van der Waals surface area (Å²) in [4.78, 5) is 19.3. The van der Waals surface area contributed by atoms with Crippen LogP contribution in [-0.2, 0) is 4.79 Å². The van der Waals surface area contributed by atoms with Crippen LogP contribution in [0.3, 0.4) is 0 Å². The van der Waals surface area contributed by atoms with Gasteiger partial charge in [0, 0.05) is 0 Å². The molecule has 52 valence electrons. The van der Waals surface area contributed by atoms with Gasteiger partial charge in [0.2, 0.25) is 0 Å². The van der Waals surface area contributed by atoms with Crippen LogP contribution in [0.4, 0.5) is 0 Å². The molecular formula is C2H3NO4S2. The number of carboxylic acids is 1. The molecule has 0 spiro atoms. The second kappa shape index (κ2) is 4.45. The lowest BCUT2D eigenvalue weighted by atomic mass is 10.8. The van der Waals surface area contributed by atoms with Crippen LogP contribution >= 0.6 is 21.8 Å². The van der Waals surface area contributed by atoms with Gasteiger partial charge in [-0.2, -0.15) is 0 Å². The molecule has 0 atom stereocenters. The minimum absolute atomic E-state index is 0.244. The summed E-state index contributed by atoms with van der Waals surface area (Å²) in [5, 5.41) is 17.5. The SMILES string of the molecule is O=C(O)CSS[N+](=O)[O-]. The third kappa shape index (κ3) is 7.57. The van der Waals surface area contributed by atoms with Gasteiger partial charge < -0.3 is 5.11 Å². The van der Waals surface area contributed by atoms with Crippen molar-refractivity contribution in [1.29, 1.82) is 0 Å². The monoisotopic (exact) mass is 169 g/mol. The summed E-state index contributed by atoms with van der Waals surface area (Å²) < 4.78 is -0.645. The summed E-state index contributed by atoms with van der Waals surface area (Å²) in [6.45, 7) is 0. The number of rotatable bonds is 4. The van der Waals surface area contributed by atoms with Gasteiger partial charge in [0.05, 0.1) is 0 Å². The van der Waals surface area contributed by atoms with Crippen LogP contribution in [0, 0.1) is 10.1 Å². The van der Waals surface area contributed by atoms with Crippen LogP contribution in [-0.4, -0.2) is 21.2 Å². The molecule has 0 radical (unpaired) electrons. The molecule has 0 rings (SSSR count). The van der Waals surface area contributed by atoms with Crippen LogP contribution < -0.4 is 0 Å². The standard InChI is InChI=1S/C2H3NO4S2/c4-2(5)1-8-9-3(6)7/h1H2,(H,4,5). The minimum atomic E-state index is -1.05. The average molecular weight is 169 g/mol. The van der Waals surface area contributed by atoms with E-state index < -0.39 is 10.3 Å². The molecule has 9 heavy (non-hydrogen) atoms. The first-order valence-corrected chi connectivity index (χ1v) is 4.06. The van der Waals surface area contributed by atoms with Gasteiger partial charge in [-0.1, -0.05) is 0 Å². The van der Waals surface area contributed by atoms with Crippen molar-refractivity contribution in [2.75, 3.05) is 5.75 Å². The molecule has 0 heterocycles. The van der Waals surface area contributed by atoms with Crippen LogP contribution in [0.1, 0.15) is 0 Å². The first-order valence-electron chi connectivity index (χ1n) is 1.78. The van der Waals surface area contributed by atoms with Gasteiger partial charge in [0.15, 0.2) is 0 Å². The summed E-state index contributed by atoms with van der Waals surface area (Å²) >= 11 is 0. The Morgan fingerprint density at radius 3 is 2.67 bits per heavy atom. The molecule has 1 N–H and O–H groups in total. The summed E-state index contributed by atoms with van der Waals surface area (Å²) in [5.41, 5.74) is 0. The molecule has 0 aliphatic carbocycles. The molecule has 0 aromatic carbocycles. The number of nitro groups is 1. The van der Waals surface area contributed by atoms with Crippen molar-refractivity contribution in [3.8, 4) is 0 Å². The smallest absolute Gasteiger partial charge is 0.314 e. The molecule has 0 aromatic rings. The zero-order valence-corrected chi connectivity index (χ0v) is 5.78. The Hall–Kier alpha value is -0.430. The Kier molecular flexibility index (Phi) is 4.24. The molecule has 0 unspecified atom stereocenters. The second-order valence-corrected chi connectivity index (χ2v) is 3.08. The predicted octanol–water partition coefficient (Wildman–Crippen LogP) is 0.644. The van der Waals surface area contributed by atoms with Crippen molar-refractivity contribution in [3.63, 3.8) is 0 Å². The number of nitrogens with zero attached hydrogens (tertiary/aromatic N) is 1. The highest BCUT2D eigenvalue weighted by Crippen LogP contribution is 2.19. The zero-order valence-electron chi connectivity index (χ0n) is 4.14. The third-order valence-corrected chi connectivity index (χ3v) is 1.92. The van der Waals surface area contributed by atoms with E-state index in [0.717, 1.165) is 0 Å². The average Bonchev–Trinajstić information content (AvgIpc) is 1.63. The highest BCUT2D eigenvalue weighted by molar-refractivity contribution is 8.74. The van der Waals surface area contributed by atoms with E-state index in [1.54, 1.807) is 0 Å². The second-order valence-electron chi connectivity index (χ2n) is 0.954. The van der Waals surface area contributed by atoms with E-state index in [0.29, 0.717) is 21.8 Å². The van der Waals surface area contributed by atoms with Crippen molar-refractivity contribution >= 4 is 27.7 Å². The number of carbonyl (C=O) groups is 1. The van der Waals surface area contributed by atoms with E-state index in [4.69, 9.17) is 5.11 Å². The molecule has 5 nitrogen and oxygen atoms in total. The molecule has 0 aliphatic rings. The van der Waals surface area contributed by atoms with Crippen molar-refractivity contribution in [3.05, 3.63) is 10.1 Å². The zero-order chi connectivity index (χ0) is 7.28. The largest absolute Gasteiger partial charge is 0.481 e. The lowest BCUT2D eigenvalue weighted by Gasteiger charge is -1.84. The van der Waals surface area contributed by atoms with E-state index >= 15 is 0 Å². The fourth-order valence-electron chi connectivity index (χ4n) is 0.120. The van der Waals surface area contributed by atoms with Crippen molar-refractivity contribution < 1.29 is 14.2 Å². The Morgan fingerprint density at radius 1 is 1.78 bits per heavy atom. The van der Waals surface area contributed by atoms with Crippen LogP contribution in [0.15, 0.2) is 0 Å². The number of carboxylic acid groups (broad SMARTS) is 1. The van der Waals surface area contributed by atoms with E-state index in [9.17, 15) is 14.9 Å². The number of hydrogen-bond acceptors (Lipinski definition) is 5. The highest BCUT2D eigenvalue weighted by Gasteiger charge is 2.04. The van der Waals surface area contributed by atoms with Crippen LogP contribution in [0.2, 0.25) is 0 Å². The first-order chi connectivity index (χ1) is 4.13.